The van der Waals surface area contributed by atoms with E-state index in [-0.39, 0.29) is 17.4 Å². The van der Waals surface area contributed by atoms with Gasteiger partial charge in [0.15, 0.2) is 0 Å². The van der Waals surface area contributed by atoms with Gasteiger partial charge in [0.2, 0.25) is 0 Å². The van der Waals surface area contributed by atoms with Gasteiger partial charge in [-0.25, -0.2) is 4.39 Å². The largest absolute Gasteiger partial charge is 0.309 e. The lowest BCUT2D eigenvalue weighted by atomic mass is 9.82. The van der Waals surface area contributed by atoms with Crippen molar-refractivity contribution in [2.24, 2.45) is 0 Å². The normalized spacial score (nSPS) is 19.5. The van der Waals surface area contributed by atoms with Crippen molar-refractivity contribution in [3.05, 3.63) is 34.1 Å². The maximum Gasteiger partial charge on any atom is 0.128 e. The van der Waals surface area contributed by atoms with Gasteiger partial charge in [0.1, 0.15) is 5.82 Å². The fraction of sp³-hybridized carbons (Fsp3) is 0.625. The van der Waals surface area contributed by atoms with Crippen LogP contribution in [0.15, 0.2) is 22.7 Å². The molecule has 20 heavy (non-hydrogen) atoms. The summed E-state index contributed by atoms with van der Waals surface area (Å²) in [7, 11) is 4.23. The molecule has 1 aliphatic rings. The lowest BCUT2D eigenvalue weighted by Crippen LogP contribution is -2.52. The number of hydrogen-bond donors (Lipinski definition) is 1. The Hall–Kier alpha value is -0.450. The second kappa shape index (κ2) is 6.54. The monoisotopic (exact) mass is 342 g/mol. The van der Waals surface area contributed by atoms with Crippen molar-refractivity contribution in [3.8, 4) is 0 Å². The Bertz CT molecular complexity index is 456. The highest BCUT2D eigenvalue weighted by Gasteiger charge is 2.44. The van der Waals surface area contributed by atoms with Gasteiger partial charge in [-0.15, -0.1) is 0 Å². The molecule has 1 aliphatic carbocycles. The molecule has 1 saturated carbocycles. The molecule has 1 atom stereocenters. The van der Waals surface area contributed by atoms with Crippen LogP contribution in [-0.4, -0.2) is 31.1 Å². The summed E-state index contributed by atoms with van der Waals surface area (Å²) in [5, 5.41) is 3.53. The Morgan fingerprint density at radius 3 is 2.55 bits per heavy atom. The van der Waals surface area contributed by atoms with Gasteiger partial charge in [0.05, 0.1) is 6.04 Å². The minimum absolute atomic E-state index is 0.0116. The zero-order valence-electron chi connectivity index (χ0n) is 12.5. The molecule has 0 heterocycles. The van der Waals surface area contributed by atoms with Crippen molar-refractivity contribution in [1.29, 1.82) is 0 Å². The van der Waals surface area contributed by atoms with Crippen molar-refractivity contribution in [2.75, 3.05) is 20.6 Å². The van der Waals surface area contributed by atoms with E-state index in [0.29, 0.717) is 0 Å². The lowest BCUT2D eigenvalue weighted by Gasteiger charge is -2.44. The number of rotatable bonds is 5. The molecule has 2 rings (SSSR count). The molecule has 0 spiro atoms. The highest BCUT2D eigenvalue weighted by Crippen LogP contribution is 2.44. The van der Waals surface area contributed by atoms with Crippen molar-refractivity contribution < 1.29 is 4.39 Å². The van der Waals surface area contributed by atoms with Crippen LogP contribution in [0.4, 0.5) is 4.39 Å². The van der Waals surface area contributed by atoms with Crippen LogP contribution in [0.1, 0.15) is 44.2 Å². The minimum Gasteiger partial charge on any atom is -0.309 e. The van der Waals surface area contributed by atoms with E-state index < -0.39 is 0 Å². The Balaban J connectivity index is 2.46. The van der Waals surface area contributed by atoms with Crippen LogP contribution in [0.25, 0.3) is 0 Å². The quantitative estimate of drug-likeness (QED) is 0.865. The molecular weight excluding hydrogens is 319 g/mol. The van der Waals surface area contributed by atoms with Crippen LogP contribution >= 0.6 is 15.9 Å². The second-order valence-corrected chi connectivity index (χ2v) is 6.78. The minimum atomic E-state index is -0.118. The Morgan fingerprint density at radius 2 is 2.00 bits per heavy atom. The highest BCUT2D eigenvalue weighted by atomic mass is 79.9. The molecule has 2 nitrogen and oxygen atoms in total. The number of halogens is 2. The second-order valence-electron chi connectivity index (χ2n) is 5.86. The first-order valence-electron chi connectivity index (χ1n) is 7.37. The molecule has 1 unspecified atom stereocenters. The van der Waals surface area contributed by atoms with E-state index in [1.807, 2.05) is 6.07 Å². The van der Waals surface area contributed by atoms with Gasteiger partial charge in [-0.3, -0.25) is 0 Å². The Kier molecular flexibility index (Phi) is 5.21. The smallest absolute Gasteiger partial charge is 0.128 e. The predicted molar refractivity (Wildman–Crippen MR) is 85.4 cm³/mol. The zero-order chi connectivity index (χ0) is 14.8. The average Bonchev–Trinajstić information content (AvgIpc) is 2.90. The molecule has 1 N–H and O–H groups in total. The summed E-state index contributed by atoms with van der Waals surface area (Å²) < 4.78 is 15.3. The average molecular weight is 343 g/mol. The first-order valence-corrected chi connectivity index (χ1v) is 8.16. The molecule has 0 amide bonds. The van der Waals surface area contributed by atoms with E-state index in [1.54, 1.807) is 12.1 Å². The van der Waals surface area contributed by atoms with Crippen LogP contribution in [0.3, 0.4) is 0 Å². The van der Waals surface area contributed by atoms with Crippen molar-refractivity contribution >= 4 is 15.9 Å². The van der Waals surface area contributed by atoms with Crippen molar-refractivity contribution in [2.45, 2.75) is 44.2 Å². The van der Waals surface area contributed by atoms with E-state index in [9.17, 15) is 4.39 Å². The number of hydrogen-bond acceptors (Lipinski definition) is 2. The number of likely N-dealkylation sites (N-methyl/N-ethyl adjacent to an activating group) is 2. The molecule has 0 radical (unpaired) electrons. The summed E-state index contributed by atoms with van der Waals surface area (Å²) in [6, 6.07) is 5.27. The maximum absolute atomic E-state index is 14.4. The molecule has 1 aromatic rings. The standard InChI is InChI=1S/C16H24BrFN2/c1-4-19-15(13-11-12(17)7-8-14(13)18)16(20(2)3)9-5-6-10-16/h7-8,11,15,19H,4-6,9-10H2,1-3H3. The molecular formula is C16H24BrFN2. The number of benzene rings is 1. The number of nitrogens with zero attached hydrogens (tertiary/aromatic N) is 1. The maximum atomic E-state index is 14.4. The van der Waals surface area contributed by atoms with E-state index in [1.165, 1.54) is 12.8 Å². The summed E-state index contributed by atoms with van der Waals surface area (Å²) in [5.74, 6) is -0.118. The van der Waals surface area contributed by atoms with E-state index in [0.717, 1.165) is 29.4 Å². The predicted octanol–water partition coefficient (Wildman–Crippen LogP) is 4.11. The van der Waals surface area contributed by atoms with Crippen LogP contribution in [0.2, 0.25) is 0 Å². The molecule has 112 valence electrons. The van der Waals surface area contributed by atoms with Gasteiger partial charge in [0, 0.05) is 15.6 Å². The van der Waals surface area contributed by atoms with Gasteiger partial charge in [-0.05, 0) is 51.7 Å². The number of nitrogens with one attached hydrogen (secondary N) is 1. The summed E-state index contributed by atoms with van der Waals surface area (Å²) in [6.45, 7) is 2.92. The third-order valence-electron chi connectivity index (χ3n) is 4.57. The third-order valence-corrected chi connectivity index (χ3v) is 5.07. The topological polar surface area (TPSA) is 15.3 Å². The summed E-state index contributed by atoms with van der Waals surface area (Å²) in [4.78, 5) is 2.29. The molecule has 1 aromatic carbocycles. The third kappa shape index (κ3) is 2.92. The van der Waals surface area contributed by atoms with Gasteiger partial charge in [-0.2, -0.15) is 0 Å². The first kappa shape index (κ1) is 15.9. The van der Waals surface area contributed by atoms with E-state index in [2.05, 4.69) is 47.2 Å². The van der Waals surface area contributed by atoms with Gasteiger partial charge in [0.25, 0.3) is 0 Å². The van der Waals surface area contributed by atoms with Gasteiger partial charge < -0.3 is 10.2 Å². The van der Waals surface area contributed by atoms with E-state index in [4.69, 9.17) is 0 Å². The molecule has 0 saturated heterocycles. The van der Waals surface area contributed by atoms with Gasteiger partial charge in [-0.1, -0.05) is 35.7 Å². The summed E-state index contributed by atoms with van der Waals surface area (Å²) in [6.07, 6.45) is 4.67. The fourth-order valence-corrected chi connectivity index (χ4v) is 3.89. The molecule has 0 aliphatic heterocycles. The van der Waals surface area contributed by atoms with Crippen LogP contribution < -0.4 is 5.32 Å². The summed E-state index contributed by atoms with van der Waals surface area (Å²) >= 11 is 3.47. The Morgan fingerprint density at radius 1 is 1.35 bits per heavy atom. The highest BCUT2D eigenvalue weighted by molar-refractivity contribution is 9.10. The fourth-order valence-electron chi connectivity index (χ4n) is 3.51. The van der Waals surface area contributed by atoms with E-state index >= 15 is 0 Å². The molecule has 0 aromatic heterocycles. The van der Waals surface area contributed by atoms with Crippen molar-refractivity contribution in [1.82, 2.24) is 10.2 Å². The van der Waals surface area contributed by atoms with Crippen LogP contribution in [0.5, 0.6) is 0 Å². The zero-order valence-corrected chi connectivity index (χ0v) is 14.1. The molecule has 1 fully saturated rings. The summed E-state index contributed by atoms with van der Waals surface area (Å²) in [5.41, 5.74) is 0.786. The molecule has 4 heteroatoms. The Labute approximate surface area is 129 Å². The van der Waals surface area contributed by atoms with Gasteiger partial charge >= 0.3 is 0 Å². The first-order chi connectivity index (χ1) is 9.51. The van der Waals surface area contributed by atoms with Crippen LogP contribution in [-0.2, 0) is 0 Å². The SMILES string of the molecule is CCNC(c1cc(Br)ccc1F)C1(N(C)C)CCCC1. The van der Waals surface area contributed by atoms with Crippen LogP contribution in [0, 0.1) is 5.82 Å². The van der Waals surface area contributed by atoms with Crippen molar-refractivity contribution in [3.63, 3.8) is 0 Å². The lowest BCUT2D eigenvalue weighted by molar-refractivity contribution is 0.103. The molecule has 0 bridgehead atoms.